The van der Waals surface area contributed by atoms with E-state index in [4.69, 9.17) is 0 Å². The van der Waals surface area contributed by atoms with Gasteiger partial charge in [-0.3, -0.25) is 4.98 Å². The van der Waals surface area contributed by atoms with E-state index in [1.54, 1.807) is 0 Å². The summed E-state index contributed by atoms with van der Waals surface area (Å²) in [4.78, 5) is 4.23. The van der Waals surface area contributed by atoms with Gasteiger partial charge in [0.25, 0.3) is 0 Å². The minimum Gasteiger partial charge on any atom is -0.309 e. The predicted octanol–water partition coefficient (Wildman–Crippen LogP) is 3.80. The molecule has 0 saturated heterocycles. The van der Waals surface area contributed by atoms with Crippen LogP contribution in [0, 0.1) is 0 Å². The zero-order valence-corrected chi connectivity index (χ0v) is 12.1. The fourth-order valence-electron chi connectivity index (χ4n) is 2.57. The lowest BCUT2D eigenvalue weighted by molar-refractivity contribution is 0.514. The predicted molar refractivity (Wildman–Crippen MR) is 80.0 cm³/mol. The van der Waals surface area contributed by atoms with E-state index < -0.39 is 0 Å². The van der Waals surface area contributed by atoms with Gasteiger partial charge < -0.3 is 5.32 Å². The van der Waals surface area contributed by atoms with Crippen molar-refractivity contribution >= 4 is 11.8 Å². The van der Waals surface area contributed by atoms with Gasteiger partial charge >= 0.3 is 0 Å². The molecule has 1 atom stereocenters. The van der Waals surface area contributed by atoms with E-state index in [1.807, 2.05) is 18.5 Å². The van der Waals surface area contributed by atoms with Gasteiger partial charge in [0.2, 0.25) is 0 Å². The van der Waals surface area contributed by atoms with Crippen LogP contribution in [0.25, 0.3) is 0 Å². The minimum absolute atomic E-state index is 0.454. The molecule has 0 bridgehead atoms. The van der Waals surface area contributed by atoms with Gasteiger partial charge in [0.1, 0.15) is 0 Å². The number of thioether (sulfide) groups is 1. The summed E-state index contributed by atoms with van der Waals surface area (Å²) in [7, 11) is 0. The van der Waals surface area contributed by atoms with Crippen LogP contribution in [0.4, 0.5) is 0 Å². The lowest BCUT2D eigenvalue weighted by atomic mass is 10.0. The molecule has 1 N–H and O–H groups in total. The highest BCUT2D eigenvalue weighted by Gasteiger charge is 2.17. The smallest absolute Gasteiger partial charge is 0.0427 e. The Hall–Kier alpha value is -0.540. The third kappa shape index (κ3) is 4.29. The molecule has 1 unspecified atom stereocenters. The van der Waals surface area contributed by atoms with Crippen LogP contribution in [-0.4, -0.2) is 22.5 Å². The van der Waals surface area contributed by atoms with Crippen LogP contribution in [-0.2, 0) is 0 Å². The Bertz CT molecular complexity index is 323. The lowest BCUT2D eigenvalue weighted by Crippen LogP contribution is -2.24. The maximum atomic E-state index is 4.23. The van der Waals surface area contributed by atoms with Crippen LogP contribution in [0.3, 0.4) is 0 Å². The van der Waals surface area contributed by atoms with Crippen LogP contribution < -0.4 is 5.32 Å². The molecule has 1 aliphatic rings. The number of nitrogens with zero attached hydrogens (tertiary/aromatic N) is 1. The molecular formula is C15H24N2S. The summed E-state index contributed by atoms with van der Waals surface area (Å²) in [5.74, 6) is 1.17. The van der Waals surface area contributed by atoms with E-state index in [9.17, 15) is 0 Å². The average molecular weight is 264 g/mol. The van der Waals surface area contributed by atoms with Gasteiger partial charge in [0.05, 0.1) is 0 Å². The Morgan fingerprint density at radius 1 is 1.39 bits per heavy atom. The minimum atomic E-state index is 0.454. The number of hydrogen-bond donors (Lipinski definition) is 1. The molecule has 0 spiro atoms. The van der Waals surface area contributed by atoms with E-state index in [0.29, 0.717) is 6.04 Å². The number of aromatic nitrogens is 1. The fraction of sp³-hybridized carbons (Fsp3) is 0.667. The van der Waals surface area contributed by atoms with Crippen LogP contribution in [0.2, 0.25) is 0 Å². The van der Waals surface area contributed by atoms with Gasteiger partial charge in [-0.1, -0.05) is 32.3 Å². The summed E-state index contributed by atoms with van der Waals surface area (Å²) in [5.41, 5.74) is 1.32. The zero-order chi connectivity index (χ0) is 12.6. The molecule has 1 aromatic heterocycles. The van der Waals surface area contributed by atoms with Crippen LogP contribution >= 0.6 is 11.8 Å². The Kier molecular flexibility index (Phi) is 6.01. The van der Waals surface area contributed by atoms with Crippen molar-refractivity contribution in [3.05, 3.63) is 30.1 Å². The molecule has 1 saturated carbocycles. The lowest BCUT2D eigenvalue weighted by Gasteiger charge is -2.24. The van der Waals surface area contributed by atoms with Gasteiger partial charge in [-0.2, -0.15) is 11.8 Å². The SMILES string of the molecule is CCNC(CSC1CCCCC1)c1cccnc1. The van der Waals surface area contributed by atoms with Crippen LogP contribution in [0.5, 0.6) is 0 Å². The molecule has 3 heteroatoms. The molecule has 18 heavy (non-hydrogen) atoms. The first-order chi connectivity index (χ1) is 8.90. The third-order valence-corrected chi connectivity index (χ3v) is 5.06. The van der Waals surface area contributed by atoms with Crippen molar-refractivity contribution < 1.29 is 0 Å². The van der Waals surface area contributed by atoms with E-state index in [2.05, 4.69) is 35.1 Å². The summed E-state index contributed by atoms with van der Waals surface area (Å²) in [5, 5.41) is 4.46. The van der Waals surface area contributed by atoms with Gasteiger partial charge in [-0.15, -0.1) is 0 Å². The van der Waals surface area contributed by atoms with Gasteiger partial charge in [-0.25, -0.2) is 0 Å². The molecule has 1 heterocycles. The summed E-state index contributed by atoms with van der Waals surface area (Å²) < 4.78 is 0. The Labute approximate surface area is 115 Å². The van der Waals surface area contributed by atoms with Crippen molar-refractivity contribution in [2.24, 2.45) is 0 Å². The van der Waals surface area contributed by atoms with Gasteiger partial charge in [-0.05, 0) is 31.0 Å². The molecule has 2 nitrogen and oxygen atoms in total. The number of rotatable bonds is 6. The zero-order valence-electron chi connectivity index (χ0n) is 11.3. The second kappa shape index (κ2) is 7.80. The molecule has 0 aliphatic heterocycles. The van der Waals surface area contributed by atoms with Gasteiger partial charge in [0.15, 0.2) is 0 Å². The highest BCUT2D eigenvalue weighted by molar-refractivity contribution is 7.99. The molecule has 1 aliphatic carbocycles. The molecule has 0 aromatic carbocycles. The van der Waals surface area contributed by atoms with Crippen molar-refractivity contribution in [1.82, 2.24) is 10.3 Å². The molecule has 2 rings (SSSR count). The molecule has 100 valence electrons. The molecule has 1 fully saturated rings. The number of pyridine rings is 1. The van der Waals surface area contributed by atoms with E-state index in [-0.39, 0.29) is 0 Å². The molecule has 1 aromatic rings. The largest absolute Gasteiger partial charge is 0.309 e. The van der Waals surface area contributed by atoms with Crippen molar-refractivity contribution in [2.45, 2.75) is 50.3 Å². The standard InChI is InChI=1S/C15H24N2S/c1-2-17-15(13-7-6-10-16-11-13)12-18-14-8-4-3-5-9-14/h6-7,10-11,14-15,17H,2-5,8-9,12H2,1H3. The monoisotopic (exact) mass is 264 g/mol. The molecule has 0 amide bonds. The van der Waals surface area contributed by atoms with Crippen molar-refractivity contribution in [3.8, 4) is 0 Å². The number of nitrogens with one attached hydrogen (secondary N) is 1. The maximum absolute atomic E-state index is 4.23. The van der Waals surface area contributed by atoms with Crippen molar-refractivity contribution in [3.63, 3.8) is 0 Å². The van der Waals surface area contributed by atoms with Gasteiger partial charge in [0, 0.05) is 29.4 Å². The van der Waals surface area contributed by atoms with Crippen LogP contribution in [0.1, 0.15) is 50.6 Å². The maximum Gasteiger partial charge on any atom is 0.0427 e. The van der Waals surface area contributed by atoms with E-state index >= 15 is 0 Å². The second-order valence-corrected chi connectivity index (χ2v) is 6.32. The summed E-state index contributed by atoms with van der Waals surface area (Å²) in [6, 6.07) is 4.67. The Balaban J connectivity index is 1.86. The summed E-state index contributed by atoms with van der Waals surface area (Å²) in [6.45, 7) is 3.19. The molecule has 0 radical (unpaired) electrons. The third-order valence-electron chi connectivity index (χ3n) is 3.59. The fourth-order valence-corrected chi connectivity index (χ4v) is 4.01. The first-order valence-corrected chi connectivity index (χ1v) is 8.20. The average Bonchev–Trinajstić information content (AvgIpc) is 2.45. The Morgan fingerprint density at radius 3 is 2.89 bits per heavy atom. The number of hydrogen-bond acceptors (Lipinski definition) is 3. The van der Waals surface area contributed by atoms with Crippen molar-refractivity contribution in [1.29, 1.82) is 0 Å². The quantitative estimate of drug-likeness (QED) is 0.846. The highest BCUT2D eigenvalue weighted by Crippen LogP contribution is 2.30. The highest BCUT2D eigenvalue weighted by atomic mass is 32.2. The summed E-state index contributed by atoms with van der Waals surface area (Å²) in [6.07, 6.45) is 11.0. The second-order valence-electron chi connectivity index (χ2n) is 4.99. The molecular weight excluding hydrogens is 240 g/mol. The van der Waals surface area contributed by atoms with Crippen molar-refractivity contribution in [2.75, 3.05) is 12.3 Å². The van der Waals surface area contributed by atoms with E-state index in [0.717, 1.165) is 11.8 Å². The van der Waals surface area contributed by atoms with Crippen LogP contribution in [0.15, 0.2) is 24.5 Å². The first-order valence-electron chi connectivity index (χ1n) is 7.15. The first kappa shape index (κ1) is 13.9. The van der Waals surface area contributed by atoms with E-state index in [1.165, 1.54) is 43.4 Å². The summed E-state index contributed by atoms with van der Waals surface area (Å²) >= 11 is 2.15. The normalized spacial score (nSPS) is 18.7. The topological polar surface area (TPSA) is 24.9 Å². The Morgan fingerprint density at radius 2 is 2.22 bits per heavy atom.